The van der Waals surface area contributed by atoms with Crippen LogP contribution in [0.1, 0.15) is 29.5 Å². The van der Waals surface area contributed by atoms with E-state index in [1.807, 2.05) is 0 Å². The molecular weight excluding hydrogens is 583 g/mol. The van der Waals surface area contributed by atoms with Crippen molar-refractivity contribution in [1.29, 1.82) is 0 Å². The van der Waals surface area contributed by atoms with Gasteiger partial charge in [0.2, 0.25) is 0 Å². The van der Waals surface area contributed by atoms with E-state index in [2.05, 4.69) is 146 Å². The van der Waals surface area contributed by atoms with Crippen LogP contribution in [-0.4, -0.2) is 4.21 Å². The third-order valence-electron chi connectivity index (χ3n) is 8.91. The Hall–Kier alpha value is -2.83. The van der Waals surface area contributed by atoms with E-state index in [-0.39, 0.29) is 32.1 Å². The van der Waals surface area contributed by atoms with Crippen LogP contribution in [0.5, 0.6) is 0 Å². The predicted octanol–water partition coefficient (Wildman–Crippen LogP) is 8.14. The van der Waals surface area contributed by atoms with E-state index in [4.69, 9.17) is 4.21 Å². The molecule has 5 aromatic rings. The molecule has 0 saturated heterocycles. The average molecular weight is 613 g/mol. The molecule has 3 heteroatoms. The Labute approximate surface area is 238 Å². The summed E-state index contributed by atoms with van der Waals surface area (Å²) in [5.41, 5.74) is 8.36. The van der Waals surface area contributed by atoms with E-state index in [1.165, 1.54) is 39.9 Å². The maximum absolute atomic E-state index is 5.66. The quantitative estimate of drug-likeness (QED) is 0.192. The molecule has 0 amide bonds. The molecule has 7 rings (SSSR count). The zero-order valence-corrected chi connectivity index (χ0v) is 25.1. The van der Waals surface area contributed by atoms with Crippen LogP contribution in [0.25, 0.3) is 17.2 Å². The van der Waals surface area contributed by atoms with Crippen LogP contribution >= 0.6 is 24.8 Å². The van der Waals surface area contributed by atoms with E-state index >= 15 is 0 Å². The molecule has 5 aromatic carbocycles. The molecule has 0 spiro atoms. The van der Waals surface area contributed by atoms with Crippen molar-refractivity contribution in [2.45, 2.75) is 7.25 Å². The van der Waals surface area contributed by atoms with Gasteiger partial charge in [0.25, 0.3) is 0 Å². The second-order valence-corrected chi connectivity index (χ2v) is 24.2. The number of halogens is 2. The number of hydrogen-bond donors (Lipinski definition) is 0. The summed E-state index contributed by atoms with van der Waals surface area (Å²) >= 11 is -4.65. The molecule has 0 nitrogen and oxygen atoms in total. The maximum atomic E-state index is 5.66. The van der Waals surface area contributed by atoms with E-state index in [1.54, 1.807) is 0 Å². The van der Waals surface area contributed by atoms with Crippen molar-refractivity contribution in [2.24, 2.45) is 0 Å². The SMILES string of the molecule is Cl.Cl.[CH2]=[Zr]([c]1ccccc1)([c]1ccccc1)([CH]1C=Cc2ccccc21)[CH]1c2ccccc2-c2ccccc21. The first kappa shape index (κ1) is 26.8. The van der Waals surface area contributed by atoms with Gasteiger partial charge in [0.1, 0.15) is 0 Å². The van der Waals surface area contributed by atoms with Gasteiger partial charge in [-0.05, 0) is 0 Å². The summed E-state index contributed by atoms with van der Waals surface area (Å²) in [6.45, 7) is 0. The molecule has 0 aromatic heterocycles. The summed E-state index contributed by atoms with van der Waals surface area (Å²) < 4.78 is 9.01. The molecule has 0 saturated carbocycles. The minimum absolute atomic E-state index is 0. The molecule has 188 valence electrons. The van der Waals surface area contributed by atoms with Gasteiger partial charge in [-0.1, -0.05) is 0 Å². The number of fused-ring (bicyclic) bond motifs is 4. The van der Waals surface area contributed by atoms with Gasteiger partial charge in [-0.2, -0.15) is 0 Å². The number of allylic oxidation sites excluding steroid dienone is 1. The summed E-state index contributed by atoms with van der Waals surface area (Å²) in [5.74, 6) is 0. The number of hydrogen-bond acceptors (Lipinski definition) is 0. The van der Waals surface area contributed by atoms with Crippen LogP contribution in [0.3, 0.4) is 0 Å². The van der Waals surface area contributed by atoms with E-state index in [0.29, 0.717) is 0 Å². The standard InChI is InChI=1S/C13H9.C9H7.2C6H5.CH2.2ClH.Zr/c1-3-7-12-10(5-1)9-11-6-2-4-8-13(11)12;1-2-5-9-7-3-6-8(9)4-1;2*1-2-4-6-5-3-1;;;;/h1-9H;1-7H;2*1-5H;1H2;2*1H;. The molecule has 2 aliphatic rings. The van der Waals surface area contributed by atoms with Crippen molar-refractivity contribution in [1.82, 2.24) is 0 Å². The third-order valence-corrected chi connectivity index (χ3v) is 26.8. The number of benzene rings is 5. The summed E-state index contributed by atoms with van der Waals surface area (Å²) in [7, 11) is 0. The molecule has 38 heavy (non-hydrogen) atoms. The van der Waals surface area contributed by atoms with Gasteiger partial charge in [-0.3, -0.25) is 0 Å². The van der Waals surface area contributed by atoms with Crippen molar-refractivity contribution in [3.05, 3.63) is 162 Å². The summed E-state index contributed by atoms with van der Waals surface area (Å²) in [6.07, 6.45) is 4.84. The van der Waals surface area contributed by atoms with Gasteiger partial charge in [0.05, 0.1) is 0 Å². The van der Waals surface area contributed by atoms with Gasteiger partial charge >= 0.3 is 215 Å². The molecule has 0 bridgehead atoms. The molecule has 0 radical (unpaired) electrons. The zero-order valence-electron chi connectivity index (χ0n) is 21.0. The monoisotopic (exact) mass is 610 g/mol. The minimum atomic E-state index is -4.65. The Morgan fingerprint density at radius 1 is 0.474 bits per heavy atom. The van der Waals surface area contributed by atoms with Gasteiger partial charge in [-0.25, -0.2) is 0 Å². The third kappa shape index (κ3) is 3.49. The molecule has 1 atom stereocenters. The average Bonchev–Trinajstić information content (AvgIpc) is 3.55. The van der Waals surface area contributed by atoms with E-state index < -0.39 is 18.3 Å². The fraction of sp³-hybridized carbons (Fsp3) is 0.0571. The van der Waals surface area contributed by atoms with Crippen molar-refractivity contribution in [3.63, 3.8) is 0 Å². The van der Waals surface area contributed by atoms with Crippen LogP contribution in [0, 0.1) is 0 Å². The first-order valence-electron chi connectivity index (χ1n) is 12.8. The fourth-order valence-electron chi connectivity index (χ4n) is 7.39. The van der Waals surface area contributed by atoms with Gasteiger partial charge in [-0.15, -0.1) is 24.8 Å². The second kappa shape index (κ2) is 10.0. The van der Waals surface area contributed by atoms with Gasteiger partial charge < -0.3 is 0 Å². The van der Waals surface area contributed by atoms with Crippen molar-refractivity contribution in [2.75, 3.05) is 0 Å². The molecule has 0 fully saturated rings. The Bertz CT molecular complexity index is 1610. The Morgan fingerprint density at radius 2 is 0.895 bits per heavy atom. The van der Waals surface area contributed by atoms with Crippen LogP contribution in [-0.2, 0) is 18.3 Å². The molecule has 0 aliphatic heterocycles. The summed E-state index contributed by atoms with van der Waals surface area (Å²) in [5, 5.41) is 0. The first-order valence-corrected chi connectivity index (χ1v) is 19.8. The van der Waals surface area contributed by atoms with E-state index in [0.717, 1.165) is 0 Å². The van der Waals surface area contributed by atoms with E-state index in [9.17, 15) is 0 Å². The molecule has 0 heterocycles. The molecule has 0 N–H and O–H groups in total. The zero-order chi connectivity index (χ0) is 24.2. The first-order chi connectivity index (χ1) is 17.7. The molecule has 1 unspecified atom stereocenters. The van der Waals surface area contributed by atoms with Gasteiger partial charge in [0.15, 0.2) is 0 Å². The summed E-state index contributed by atoms with van der Waals surface area (Å²) in [4.78, 5) is 0. The van der Waals surface area contributed by atoms with Crippen LogP contribution in [0.15, 0.2) is 140 Å². The van der Waals surface area contributed by atoms with Crippen LogP contribution in [0.4, 0.5) is 0 Å². The Kier molecular flexibility index (Phi) is 7.08. The molecule has 2 aliphatic carbocycles. The topological polar surface area (TPSA) is 0 Å². The Balaban J connectivity index is 0.00000147. The second-order valence-electron chi connectivity index (χ2n) is 10.4. The Morgan fingerprint density at radius 3 is 1.42 bits per heavy atom. The molecular formula is C35H30Cl2Zr. The van der Waals surface area contributed by atoms with Gasteiger partial charge in [0, 0.05) is 0 Å². The van der Waals surface area contributed by atoms with Crippen LogP contribution in [0.2, 0.25) is 0 Å². The van der Waals surface area contributed by atoms with Crippen LogP contribution < -0.4 is 6.54 Å². The van der Waals surface area contributed by atoms with Crippen molar-refractivity contribution >= 4 is 41.6 Å². The summed E-state index contributed by atoms with van der Waals surface area (Å²) in [6, 6.07) is 49.8. The predicted molar refractivity (Wildman–Crippen MR) is 166 cm³/mol. The van der Waals surface area contributed by atoms with Crippen molar-refractivity contribution < 1.29 is 18.3 Å². The fourth-order valence-corrected chi connectivity index (χ4v) is 25.8. The number of rotatable bonds is 4. The normalized spacial score (nSPS) is 15.6. The van der Waals surface area contributed by atoms with Crippen molar-refractivity contribution in [3.8, 4) is 11.1 Å².